The smallest absolute Gasteiger partial charge is 0.0266 e. The molecule has 3 rings (SSSR count). The summed E-state index contributed by atoms with van der Waals surface area (Å²) in [4.78, 5) is 0. The summed E-state index contributed by atoms with van der Waals surface area (Å²) >= 11 is 0. The standard InChI is InChI=1S/C18H32/c1-14-12-13-18(2,15-8-4-3-5-9-15)17-11-7-6-10-16(14)17/h14-17H,3-13H2,1-2H3. The summed E-state index contributed by atoms with van der Waals surface area (Å²) in [7, 11) is 0. The molecule has 104 valence electrons. The highest BCUT2D eigenvalue weighted by Gasteiger charge is 2.49. The van der Waals surface area contributed by atoms with E-state index in [1.165, 1.54) is 38.5 Å². The normalized spacial score (nSPS) is 46.7. The van der Waals surface area contributed by atoms with Gasteiger partial charge in [0.25, 0.3) is 0 Å². The first kappa shape index (κ1) is 13.0. The third-order valence-electron chi connectivity index (χ3n) is 7.07. The first-order valence-corrected chi connectivity index (χ1v) is 8.72. The molecule has 0 aromatic heterocycles. The van der Waals surface area contributed by atoms with Crippen molar-refractivity contribution in [1.82, 2.24) is 0 Å². The van der Waals surface area contributed by atoms with Crippen molar-refractivity contribution in [3.05, 3.63) is 0 Å². The fraction of sp³-hybridized carbons (Fsp3) is 1.00. The molecule has 0 saturated heterocycles. The van der Waals surface area contributed by atoms with Crippen molar-refractivity contribution < 1.29 is 0 Å². The monoisotopic (exact) mass is 248 g/mol. The summed E-state index contributed by atoms with van der Waals surface area (Å²) in [5.74, 6) is 4.26. The van der Waals surface area contributed by atoms with Crippen molar-refractivity contribution in [3.8, 4) is 0 Å². The molecule has 0 heteroatoms. The summed E-state index contributed by atoms with van der Waals surface area (Å²) in [6.07, 6.45) is 16.9. The fourth-order valence-corrected chi connectivity index (χ4v) is 5.87. The lowest BCUT2D eigenvalue weighted by molar-refractivity contribution is -0.0574. The molecule has 0 nitrogen and oxygen atoms in total. The molecule has 0 N–H and O–H groups in total. The highest BCUT2D eigenvalue weighted by atomic mass is 14.5. The molecule has 3 aliphatic carbocycles. The highest BCUT2D eigenvalue weighted by Crippen LogP contribution is 2.58. The van der Waals surface area contributed by atoms with Gasteiger partial charge in [0, 0.05) is 0 Å². The maximum absolute atomic E-state index is 2.69. The third kappa shape index (κ3) is 2.14. The molecule has 0 amide bonds. The van der Waals surface area contributed by atoms with Gasteiger partial charge in [-0.2, -0.15) is 0 Å². The highest BCUT2D eigenvalue weighted by molar-refractivity contribution is 4.98. The van der Waals surface area contributed by atoms with E-state index in [1.807, 2.05) is 0 Å². The second-order valence-corrected chi connectivity index (χ2v) is 7.91. The Balaban J connectivity index is 1.80. The van der Waals surface area contributed by atoms with Crippen molar-refractivity contribution in [1.29, 1.82) is 0 Å². The fourth-order valence-electron chi connectivity index (χ4n) is 5.87. The zero-order chi connectivity index (χ0) is 12.6. The van der Waals surface area contributed by atoms with E-state index in [0.29, 0.717) is 0 Å². The summed E-state index contributed by atoms with van der Waals surface area (Å²) < 4.78 is 0. The minimum absolute atomic E-state index is 0.720. The number of hydrogen-bond acceptors (Lipinski definition) is 0. The molecule has 0 bridgehead atoms. The molecule has 0 radical (unpaired) electrons. The van der Waals surface area contributed by atoms with Gasteiger partial charge >= 0.3 is 0 Å². The van der Waals surface area contributed by atoms with Crippen LogP contribution < -0.4 is 0 Å². The quantitative estimate of drug-likeness (QED) is 0.549. The Hall–Kier alpha value is 0. The lowest BCUT2D eigenvalue weighted by Gasteiger charge is -2.55. The van der Waals surface area contributed by atoms with Crippen LogP contribution in [-0.2, 0) is 0 Å². The van der Waals surface area contributed by atoms with Gasteiger partial charge < -0.3 is 0 Å². The molecule has 3 aliphatic rings. The van der Waals surface area contributed by atoms with Crippen LogP contribution in [0, 0.1) is 29.1 Å². The number of rotatable bonds is 1. The Morgan fingerprint density at radius 1 is 0.778 bits per heavy atom. The van der Waals surface area contributed by atoms with E-state index in [9.17, 15) is 0 Å². The average Bonchev–Trinajstić information content (AvgIpc) is 2.44. The van der Waals surface area contributed by atoms with Crippen LogP contribution in [0.5, 0.6) is 0 Å². The number of fused-ring (bicyclic) bond motifs is 1. The van der Waals surface area contributed by atoms with Crippen LogP contribution in [0.4, 0.5) is 0 Å². The molecular weight excluding hydrogens is 216 g/mol. The summed E-state index contributed by atoms with van der Waals surface area (Å²) in [5.41, 5.74) is 0.720. The van der Waals surface area contributed by atoms with Crippen molar-refractivity contribution >= 4 is 0 Å². The van der Waals surface area contributed by atoms with Crippen molar-refractivity contribution in [2.45, 2.75) is 84.5 Å². The first-order chi connectivity index (χ1) is 8.72. The topological polar surface area (TPSA) is 0 Å². The van der Waals surface area contributed by atoms with Crippen LogP contribution >= 0.6 is 0 Å². The molecule has 0 aromatic carbocycles. The van der Waals surface area contributed by atoms with Crippen LogP contribution in [0.25, 0.3) is 0 Å². The predicted octanol–water partition coefficient (Wildman–Crippen LogP) is 5.81. The van der Waals surface area contributed by atoms with Crippen molar-refractivity contribution in [2.24, 2.45) is 29.1 Å². The molecule has 0 aliphatic heterocycles. The van der Waals surface area contributed by atoms with Gasteiger partial charge in [0.2, 0.25) is 0 Å². The van der Waals surface area contributed by atoms with Gasteiger partial charge in [0.15, 0.2) is 0 Å². The zero-order valence-corrected chi connectivity index (χ0v) is 12.6. The van der Waals surface area contributed by atoms with E-state index < -0.39 is 0 Å². The van der Waals surface area contributed by atoms with Gasteiger partial charge in [0.05, 0.1) is 0 Å². The van der Waals surface area contributed by atoms with Gasteiger partial charge in [0.1, 0.15) is 0 Å². The Bertz CT molecular complexity index is 276. The lowest BCUT2D eigenvalue weighted by Crippen LogP contribution is -2.47. The Labute approximate surface area is 114 Å². The maximum atomic E-state index is 2.69. The van der Waals surface area contributed by atoms with E-state index in [-0.39, 0.29) is 0 Å². The zero-order valence-electron chi connectivity index (χ0n) is 12.6. The molecule has 0 heterocycles. The van der Waals surface area contributed by atoms with Crippen LogP contribution in [0.15, 0.2) is 0 Å². The predicted molar refractivity (Wildman–Crippen MR) is 78.5 cm³/mol. The second kappa shape index (κ2) is 5.17. The van der Waals surface area contributed by atoms with Crippen molar-refractivity contribution in [3.63, 3.8) is 0 Å². The number of hydrogen-bond donors (Lipinski definition) is 0. The van der Waals surface area contributed by atoms with Gasteiger partial charge in [-0.05, 0) is 67.6 Å². The molecule has 4 atom stereocenters. The summed E-state index contributed by atoms with van der Waals surface area (Å²) in [6.45, 7) is 5.24. The Kier molecular flexibility index (Phi) is 3.74. The molecule has 4 unspecified atom stereocenters. The molecule has 0 aromatic rings. The van der Waals surface area contributed by atoms with Gasteiger partial charge in [-0.15, -0.1) is 0 Å². The average molecular weight is 248 g/mol. The largest absolute Gasteiger partial charge is 0.0622 e. The second-order valence-electron chi connectivity index (χ2n) is 7.91. The van der Waals surface area contributed by atoms with Crippen LogP contribution in [0.1, 0.15) is 84.5 Å². The lowest BCUT2D eigenvalue weighted by atomic mass is 9.50. The van der Waals surface area contributed by atoms with Crippen LogP contribution in [0.3, 0.4) is 0 Å². The Morgan fingerprint density at radius 3 is 2.22 bits per heavy atom. The first-order valence-electron chi connectivity index (χ1n) is 8.72. The molecule has 0 spiro atoms. The SMILES string of the molecule is CC1CCC(C)(C2CCCCC2)C2CCCCC12. The minimum Gasteiger partial charge on any atom is -0.0622 e. The third-order valence-corrected chi connectivity index (χ3v) is 7.07. The maximum Gasteiger partial charge on any atom is -0.0266 e. The van der Waals surface area contributed by atoms with Gasteiger partial charge in [-0.1, -0.05) is 46.0 Å². The van der Waals surface area contributed by atoms with Crippen molar-refractivity contribution in [2.75, 3.05) is 0 Å². The minimum atomic E-state index is 0.720. The van der Waals surface area contributed by atoms with E-state index in [4.69, 9.17) is 0 Å². The molecular formula is C18H32. The van der Waals surface area contributed by atoms with Gasteiger partial charge in [-0.3, -0.25) is 0 Å². The summed E-state index contributed by atoms with van der Waals surface area (Å²) in [5, 5.41) is 0. The van der Waals surface area contributed by atoms with E-state index in [1.54, 1.807) is 32.1 Å². The summed E-state index contributed by atoms with van der Waals surface area (Å²) in [6, 6.07) is 0. The molecule has 3 saturated carbocycles. The van der Waals surface area contributed by atoms with Gasteiger partial charge in [-0.25, -0.2) is 0 Å². The van der Waals surface area contributed by atoms with Crippen LogP contribution in [-0.4, -0.2) is 0 Å². The molecule has 18 heavy (non-hydrogen) atoms. The van der Waals surface area contributed by atoms with E-state index in [2.05, 4.69) is 13.8 Å². The molecule has 3 fully saturated rings. The van der Waals surface area contributed by atoms with E-state index >= 15 is 0 Å². The van der Waals surface area contributed by atoms with E-state index in [0.717, 1.165) is 29.1 Å². The van der Waals surface area contributed by atoms with Crippen LogP contribution in [0.2, 0.25) is 0 Å². The Morgan fingerprint density at radius 2 is 1.44 bits per heavy atom.